The first-order chi connectivity index (χ1) is 12.9. The van der Waals surface area contributed by atoms with Crippen molar-refractivity contribution < 1.29 is 23.4 Å². The predicted octanol–water partition coefficient (Wildman–Crippen LogP) is 3.95. The number of aliphatic hydroxyl groups is 1. The highest BCUT2D eigenvalue weighted by Crippen LogP contribution is 2.31. The van der Waals surface area contributed by atoms with Crippen LogP contribution in [0.1, 0.15) is 22.2 Å². The topological polar surface area (TPSA) is 85.4 Å². The molecule has 1 aromatic heterocycles. The number of nitrogens with zero attached hydrogens (tertiary/aromatic N) is 1. The van der Waals surface area contributed by atoms with Crippen LogP contribution in [-0.4, -0.2) is 22.6 Å². The van der Waals surface area contributed by atoms with E-state index in [-0.39, 0.29) is 0 Å². The Kier molecular flexibility index (Phi) is 5.69. The van der Waals surface area contributed by atoms with Crippen LogP contribution in [0.15, 0.2) is 41.8 Å². The minimum absolute atomic E-state index is 0.358. The van der Waals surface area contributed by atoms with E-state index in [1.165, 1.54) is 11.3 Å². The highest BCUT2D eigenvalue weighted by atomic mass is 35.5. The van der Waals surface area contributed by atoms with Gasteiger partial charge in [0.15, 0.2) is 17.7 Å². The SMILES string of the molecule is NC(=O)c1c(F)ccc(OC(CO)c2csc(-c3ccc(Cl)cc3)n2)c1F. The summed E-state index contributed by atoms with van der Waals surface area (Å²) in [5.74, 6) is -3.99. The number of thiazole rings is 1. The van der Waals surface area contributed by atoms with Crippen LogP contribution in [-0.2, 0) is 0 Å². The van der Waals surface area contributed by atoms with Crippen molar-refractivity contribution in [2.75, 3.05) is 6.61 Å². The maximum Gasteiger partial charge on any atom is 0.254 e. The Balaban J connectivity index is 1.88. The molecule has 0 spiro atoms. The molecule has 140 valence electrons. The number of carbonyl (C=O) groups is 1. The van der Waals surface area contributed by atoms with E-state index in [1.807, 2.05) is 0 Å². The van der Waals surface area contributed by atoms with Gasteiger partial charge in [0.25, 0.3) is 5.91 Å². The standard InChI is InChI=1S/C18H13ClF2N2O3S/c19-10-3-1-9(2-4-10)18-23-12(8-27-18)14(7-24)26-13-6-5-11(20)15(16(13)21)17(22)25/h1-6,8,14,24H,7H2,(H2,22,25). The lowest BCUT2D eigenvalue weighted by Gasteiger charge is -2.16. The molecule has 2 aromatic carbocycles. The average molecular weight is 411 g/mol. The molecule has 9 heteroatoms. The summed E-state index contributed by atoms with van der Waals surface area (Å²) in [6, 6.07) is 8.91. The van der Waals surface area contributed by atoms with Gasteiger partial charge in [-0.25, -0.2) is 13.8 Å². The fourth-order valence-electron chi connectivity index (χ4n) is 2.35. The third-order valence-electron chi connectivity index (χ3n) is 3.68. The molecule has 0 saturated heterocycles. The molecule has 0 aliphatic heterocycles. The summed E-state index contributed by atoms with van der Waals surface area (Å²) in [5, 5.41) is 12.5. The first-order valence-corrected chi connectivity index (χ1v) is 8.93. The van der Waals surface area contributed by atoms with E-state index in [2.05, 4.69) is 4.98 Å². The highest BCUT2D eigenvalue weighted by Gasteiger charge is 2.23. The predicted molar refractivity (Wildman–Crippen MR) is 97.9 cm³/mol. The third-order valence-corrected chi connectivity index (χ3v) is 4.84. The number of amides is 1. The Morgan fingerprint density at radius 2 is 1.96 bits per heavy atom. The zero-order chi connectivity index (χ0) is 19.6. The van der Waals surface area contributed by atoms with Crippen molar-refractivity contribution in [2.45, 2.75) is 6.10 Å². The lowest BCUT2D eigenvalue weighted by atomic mass is 10.1. The van der Waals surface area contributed by atoms with Crippen molar-refractivity contribution in [3.05, 3.63) is 69.7 Å². The van der Waals surface area contributed by atoms with E-state index in [4.69, 9.17) is 22.1 Å². The van der Waals surface area contributed by atoms with Gasteiger partial charge >= 0.3 is 0 Å². The molecule has 1 unspecified atom stereocenters. The number of aliphatic hydroxyl groups excluding tert-OH is 1. The van der Waals surface area contributed by atoms with Gasteiger partial charge in [0.2, 0.25) is 0 Å². The van der Waals surface area contributed by atoms with Crippen LogP contribution in [0.25, 0.3) is 10.6 Å². The van der Waals surface area contributed by atoms with Gasteiger partial charge in [-0.3, -0.25) is 4.79 Å². The summed E-state index contributed by atoms with van der Waals surface area (Å²) < 4.78 is 33.3. The van der Waals surface area contributed by atoms with Crippen LogP contribution in [0.2, 0.25) is 5.02 Å². The third kappa shape index (κ3) is 4.08. The van der Waals surface area contributed by atoms with Gasteiger partial charge in [-0.05, 0) is 24.3 Å². The molecular weight excluding hydrogens is 398 g/mol. The minimum atomic E-state index is -1.25. The molecule has 1 atom stereocenters. The van der Waals surface area contributed by atoms with E-state index >= 15 is 0 Å². The first-order valence-electron chi connectivity index (χ1n) is 7.67. The lowest BCUT2D eigenvalue weighted by Crippen LogP contribution is -2.18. The normalized spacial score (nSPS) is 12.0. The molecule has 1 heterocycles. The van der Waals surface area contributed by atoms with E-state index in [0.717, 1.165) is 17.7 Å². The van der Waals surface area contributed by atoms with Gasteiger partial charge in [0, 0.05) is 16.0 Å². The summed E-state index contributed by atoms with van der Waals surface area (Å²) in [6.45, 7) is -0.507. The van der Waals surface area contributed by atoms with E-state index in [0.29, 0.717) is 15.7 Å². The number of carbonyl (C=O) groups excluding carboxylic acids is 1. The van der Waals surface area contributed by atoms with Crippen molar-refractivity contribution in [3.8, 4) is 16.3 Å². The Morgan fingerprint density at radius 3 is 2.59 bits per heavy atom. The van der Waals surface area contributed by atoms with Crippen molar-refractivity contribution in [3.63, 3.8) is 0 Å². The largest absolute Gasteiger partial charge is 0.479 e. The molecule has 0 aliphatic carbocycles. The van der Waals surface area contributed by atoms with Gasteiger partial charge in [-0.15, -0.1) is 11.3 Å². The molecule has 1 amide bonds. The van der Waals surface area contributed by atoms with Gasteiger partial charge in [-0.1, -0.05) is 23.7 Å². The molecule has 27 heavy (non-hydrogen) atoms. The van der Waals surface area contributed by atoms with E-state index in [9.17, 15) is 18.7 Å². The highest BCUT2D eigenvalue weighted by molar-refractivity contribution is 7.13. The number of rotatable bonds is 6. The quantitative estimate of drug-likeness (QED) is 0.644. The number of halogens is 3. The Bertz CT molecular complexity index is 979. The van der Waals surface area contributed by atoms with E-state index in [1.54, 1.807) is 29.6 Å². The second-order valence-corrected chi connectivity index (χ2v) is 6.77. The summed E-state index contributed by atoms with van der Waals surface area (Å²) >= 11 is 7.17. The fourth-order valence-corrected chi connectivity index (χ4v) is 3.35. The summed E-state index contributed by atoms with van der Waals surface area (Å²) in [6.07, 6.45) is -1.01. The average Bonchev–Trinajstić information content (AvgIpc) is 3.11. The summed E-state index contributed by atoms with van der Waals surface area (Å²) in [5.41, 5.74) is 5.27. The molecule has 0 aliphatic rings. The molecule has 0 radical (unpaired) electrons. The molecule has 0 saturated carbocycles. The van der Waals surface area contributed by atoms with Crippen LogP contribution >= 0.6 is 22.9 Å². The second-order valence-electron chi connectivity index (χ2n) is 5.47. The summed E-state index contributed by atoms with van der Waals surface area (Å²) in [4.78, 5) is 15.6. The molecule has 3 rings (SSSR count). The fraction of sp³-hybridized carbons (Fsp3) is 0.111. The van der Waals surface area contributed by atoms with Crippen molar-refractivity contribution >= 4 is 28.8 Å². The minimum Gasteiger partial charge on any atom is -0.479 e. The van der Waals surface area contributed by atoms with Gasteiger partial charge < -0.3 is 15.6 Å². The molecule has 5 nitrogen and oxygen atoms in total. The molecule has 0 bridgehead atoms. The van der Waals surface area contributed by atoms with Crippen molar-refractivity contribution in [2.24, 2.45) is 5.73 Å². The maximum absolute atomic E-state index is 14.3. The van der Waals surface area contributed by atoms with Gasteiger partial charge in [0.1, 0.15) is 16.4 Å². The monoisotopic (exact) mass is 410 g/mol. The maximum atomic E-state index is 14.3. The van der Waals surface area contributed by atoms with Crippen LogP contribution in [0.3, 0.4) is 0 Å². The first kappa shape index (κ1) is 19.2. The van der Waals surface area contributed by atoms with Crippen LogP contribution in [0, 0.1) is 11.6 Å². The smallest absolute Gasteiger partial charge is 0.254 e. The zero-order valence-corrected chi connectivity index (χ0v) is 15.2. The van der Waals surface area contributed by atoms with Gasteiger partial charge in [-0.2, -0.15) is 0 Å². The zero-order valence-electron chi connectivity index (χ0n) is 13.7. The summed E-state index contributed by atoms with van der Waals surface area (Å²) in [7, 11) is 0. The lowest BCUT2D eigenvalue weighted by molar-refractivity contribution is 0.0980. The van der Waals surface area contributed by atoms with Crippen molar-refractivity contribution in [1.82, 2.24) is 4.98 Å². The van der Waals surface area contributed by atoms with Crippen LogP contribution in [0.4, 0.5) is 8.78 Å². The molecule has 3 aromatic rings. The molecule has 0 fully saturated rings. The second kappa shape index (κ2) is 7.99. The molecule has 3 N–H and O–H groups in total. The van der Waals surface area contributed by atoms with E-state index < -0.39 is 41.6 Å². The number of hydrogen-bond acceptors (Lipinski definition) is 5. The number of primary amides is 1. The number of hydrogen-bond donors (Lipinski definition) is 2. The number of aromatic nitrogens is 1. The Hall–Kier alpha value is -2.55. The Labute approximate surface area is 162 Å². The van der Waals surface area contributed by atoms with Gasteiger partial charge in [0.05, 0.1) is 12.3 Å². The van der Waals surface area contributed by atoms with Crippen molar-refractivity contribution in [1.29, 1.82) is 0 Å². The van der Waals surface area contributed by atoms with Crippen LogP contribution in [0.5, 0.6) is 5.75 Å². The molecular formula is C18H13ClF2N2O3S. The number of ether oxygens (including phenoxy) is 1. The number of benzene rings is 2. The van der Waals surface area contributed by atoms with Crippen LogP contribution < -0.4 is 10.5 Å². The Morgan fingerprint density at radius 1 is 1.26 bits per heavy atom. The number of nitrogens with two attached hydrogens (primary N) is 1.